The van der Waals surface area contributed by atoms with E-state index in [2.05, 4.69) is 5.32 Å². The number of hydrogen-bond donors (Lipinski definition) is 2. The quantitative estimate of drug-likeness (QED) is 0.880. The van der Waals surface area contributed by atoms with Gasteiger partial charge in [-0.1, -0.05) is 30.3 Å². The summed E-state index contributed by atoms with van der Waals surface area (Å²) in [4.78, 5) is 24.1. The number of piperidine rings is 1. The van der Waals surface area contributed by atoms with E-state index in [4.69, 9.17) is 5.11 Å². The normalized spacial score (nSPS) is 15.9. The highest BCUT2D eigenvalue weighted by atomic mass is 16.4. The minimum Gasteiger partial charge on any atom is -0.465 e. The molecule has 1 aromatic carbocycles. The van der Waals surface area contributed by atoms with Gasteiger partial charge in [0.05, 0.1) is 0 Å². The van der Waals surface area contributed by atoms with Crippen LogP contribution in [0.2, 0.25) is 0 Å². The van der Waals surface area contributed by atoms with Crippen LogP contribution in [0.25, 0.3) is 0 Å². The fourth-order valence-electron chi connectivity index (χ4n) is 2.45. The molecule has 0 unspecified atom stereocenters. The first-order chi connectivity index (χ1) is 9.66. The lowest BCUT2D eigenvalue weighted by molar-refractivity contribution is -0.126. The summed E-state index contributed by atoms with van der Waals surface area (Å²) < 4.78 is 0. The molecule has 5 heteroatoms. The lowest BCUT2D eigenvalue weighted by Crippen LogP contribution is -2.42. The predicted octanol–water partition coefficient (Wildman–Crippen LogP) is 1.74. The van der Waals surface area contributed by atoms with Crippen molar-refractivity contribution >= 4 is 12.0 Å². The van der Waals surface area contributed by atoms with Gasteiger partial charge in [0, 0.05) is 25.6 Å². The molecule has 0 radical (unpaired) electrons. The molecule has 2 N–H and O–H groups in total. The van der Waals surface area contributed by atoms with Gasteiger partial charge in [-0.15, -0.1) is 0 Å². The van der Waals surface area contributed by atoms with E-state index in [1.165, 1.54) is 10.5 Å². The van der Waals surface area contributed by atoms with Crippen LogP contribution in [-0.2, 0) is 11.2 Å². The van der Waals surface area contributed by atoms with E-state index in [-0.39, 0.29) is 11.8 Å². The highest BCUT2D eigenvalue weighted by Gasteiger charge is 2.26. The third-order valence-corrected chi connectivity index (χ3v) is 3.69. The maximum absolute atomic E-state index is 12.0. The fraction of sp³-hybridized carbons (Fsp3) is 0.467. The molecule has 1 aromatic rings. The van der Waals surface area contributed by atoms with Crippen molar-refractivity contribution in [1.29, 1.82) is 0 Å². The minimum absolute atomic E-state index is 0.0472. The number of nitrogens with zero attached hydrogens (tertiary/aromatic N) is 1. The molecule has 1 saturated heterocycles. The zero-order valence-electron chi connectivity index (χ0n) is 11.4. The zero-order chi connectivity index (χ0) is 14.4. The largest absolute Gasteiger partial charge is 0.465 e. The van der Waals surface area contributed by atoms with Gasteiger partial charge in [0.25, 0.3) is 0 Å². The second kappa shape index (κ2) is 6.93. The zero-order valence-corrected chi connectivity index (χ0v) is 11.4. The average molecular weight is 276 g/mol. The summed E-state index contributed by atoms with van der Waals surface area (Å²) in [5.41, 5.74) is 1.20. The van der Waals surface area contributed by atoms with Gasteiger partial charge >= 0.3 is 6.09 Å². The first-order valence-corrected chi connectivity index (χ1v) is 6.96. The second-order valence-electron chi connectivity index (χ2n) is 5.07. The van der Waals surface area contributed by atoms with Gasteiger partial charge < -0.3 is 15.3 Å². The smallest absolute Gasteiger partial charge is 0.407 e. The number of nitrogens with one attached hydrogen (secondary N) is 1. The highest BCUT2D eigenvalue weighted by Crippen LogP contribution is 2.17. The van der Waals surface area contributed by atoms with Gasteiger partial charge in [-0.2, -0.15) is 0 Å². The Morgan fingerprint density at radius 3 is 2.45 bits per heavy atom. The van der Waals surface area contributed by atoms with Gasteiger partial charge in [-0.3, -0.25) is 4.79 Å². The van der Waals surface area contributed by atoms with Crippen molar-refractivity contribution < 1.29 is 14.7 Å². The minimum atomic E-state index is -0.895. The molecule has 0 aromatic heterocycles. The maximum Gasteiger partial charge on any atom is 0.407 e. The van der Waals surface area contributed by atoms with Gasteiger partial charge in [0.2, 0.25) is 5.91 Å². The molecule has 0 aliphatic carbocycles. The third-order valence-electron chi connectivity index (χ3n) is 3.69. The van der Waals surface area contributed by atoms with Crippen LogP contribution in [0.3, 0.4) is 0 Å². The molecule has 1 fully saturated rings. The number of carboxylic acid groups (broad SMARTS) is 1. The maximum atomic E-state index is 12.0. The Hall–Kier alpha value is -2.04. The number of carbonyl (C=O) groups is 2. The van der Waals surface area contributed by atoms with Crippen LogP contribution in [-0.4, -0.2) is 41.6 Å². The van der Waals surface area contributed by atoms with E-state index >= 15 is 0 Å². The van der Waals surface area contributed by atoms with Crippen LogP contribution in [0.15, 0.2) is 30.3 Å². The van der Waals surface area contributed by atoms with Crippen molar-refractivity contribution in [3.05, 3.63) is 35.9 Å². The monoisotopic (exact) mass is 276 g/mol. The summed E-state index contributed by atoms with van der Waals surface area (Å²) in [6, 6.07) is 10.0. The molecule has 2 amide bonds. The molecule has 1 aliphatic rings. The summed E-state index contributed by atoms with van der Waals surface area (Å²) in [6.07, 6.45) is 1.15. The topological polar surface area (TPSA) is 69.6 Å². The van der Waals surface area contributed by atoms with Crippen molar-refractivity contribution in [2.24, 2.45) is 5.92 Å². The van der Waals surface area contributed by atoms with Crippen molar-refractivity contribution in [3.8, 4) is 0 Å². The van der Waals surface area contributed by atoms with Gasteiger partial charge in [0.15, 0.2) is 0 Å². The van der Waals surface area contributed by atoms with Gasteiger partial charge in [-0.25, -0.2) is 4.79 Å². The van der Waals surface area contributed by atoms with Crippen LogP contribution in [0.4, 0.5) is 4.79 Å². The van der Waals surface area contributed by atoms with Crippen molar-refractivity contribution in [2.75, 3.05) is 19.6 Å². The van der Waals surface area contributed by atoms with Crippen LogP contribution >= 0.6 is 0 Å². The summed E-state index contributed by atoms with van der Waals surface area (Å²) >= 11 is 0. The Morgan fingerprint density at radius 1 is 1.20 bits per heavy atom. The molecule has 108 valence electrons. The SMILES string of the molecule is O=C(NCCc1ccccc1)C1CCN(C(=O)O)CC1. The van der Waals surface area contributed by atoms with Crippen LogP contribution in [0, 0.1) is 5.92 Å². The molecule has 2 rings (SSSR count). The highest BCUT2D eigenvalue weighted by molar-refractivity contribution is 5.79. The van der Waals surface area contributed by atoms with Crippen molar-refractivity contribution in [1.82, 2.24) is 10.2 Å². The Labute approximate surface area is 118 Å². The van der Waals surface area contributed by atoms with E-state index < -0.39 is 6.09 Å². The van der Waals surface area contributed by atoms with E-state index in [1.54, 1.807) is 0 Å². The first-order valence-electron chi connectivity index (χ1n) is 6.96. The molecule has 5 nitrogen and oxygen atoms in total. The molecule has 0 bridgehead atoms. The second-order valence-corrected chi connectivity index (χ2v) is 5.07. The summed E-state index contributed by atoms with van der Waals surface area (Å²) in [5, 5.41) is 11.8. The lowest BCUT2D eigenvalue weighted by atomic mass is 9.96. The predicted molar refractivity (Wildman–Crippen MR) is 75.5 cm³/mol. The van der Waals surface area contributed by atoms with Crippen LogP contribution in [0.1, 0.15) is 18.4 Å². The number of carbonyl (C=O) groups excluding carboxylic acids is 1. The van der Waals surface area contributed by atoms with Crippen molar-refractivity contribution in [3.63, 3.8) is 0 Å². The number of benzene rings is 1. The third kappa shape index (κ3) is 3.98. The molecule has 0 saturated carbocycles. The Morgan fingerprint density at radius 2 is 1.85 bits per heavy atom. The molecule has 1 heterocycles. The lowest BCUT2D eigenvalue weighted by Gasteiger charge is -2.29. The summed E-state index contributed by atoms with van der Waals surface area (Å²) in [7, 11) is 0. The Balaban J connectivity index is 1.69. The molecular weight excluding hydrogens is 256 g/mol. The Kier molecular flexibility index (Phi) is 4.98. The Bertz CT molecular complexity index is 453. The van der Waals surface area contributed by atoms with Gasteiger partial charge in [-0.05, 0) is 24.8 Å². The average Bonchev–Trinajstić information content (AvgIpc) is 2.48. The van der Waals surface area contributed by atoms with E-state index in [0.717, 1.165) is 6.42 Å². The molecular formula is C15H20N2O3. The van der Waals surface area contributed by atoms with Crippen LogP contribution < -0.4 is 5.32 Å². The fourth-order valence-corrected chi connectivity index (χ4v) is 2.45. The molecule has 20 heavy (non-hydrogen) atoms. The van der Waals surface area contributed by atoms with E-state index in [9.17, 15) is 9.59 Å². The molecule has 0 spiro atoms. The summed E-state index contributed by atoms with van der Waals surface area (Å²) in [6.45, 7) is 1.53. The number of amides is 2. The van der Waals surface area contributed by atoms with E-state index in [1.807, 2.05) is 30.3 Å². The number of rotatable bonds is 4. The summed E-state index contributed by atoms with van der Waals surface area (Å²) in [5.74, 6) is -0.00709. The number of likely N-dealkylation sites (tertiary alicyclic amines) is 1. The molecule has 1 aliphatic heterocycles. The number of hydrogen-bond acceptors (Lipinski definition) is 2. The first kappa shape index (κ1) is 14.4. The van der Waals surface area contributed by atoms with Crippen LogP contribution in [0.5, 0.6) is 0 Å². The van der Waals surface area contributed by atoms with Gasteiger partial charge in [0.1, 0.15) is 0 Å². The molecule has 0 atom stereocenters. The van der Waals surface area contributed by atoms with E-state index in [0.29, 0.717) is 32.5 Å². The van der Waals surface area contributed by atoms with Crippen molar-refractivity contribution in [2.45, 2.75) is 19.3 Å². The standard InChI is InChI=1S/C15H20N2O3/c18-14(13-7-10-17(11-8-13)15(19)20)16-9-6-12-4-2-1-3-5-12/h1-5,13H,6-11H2,(H,16,18)(H,19,20).